The van der Waals surface area contributed by atoms with Gasteiger partial charge in [-0.15, -0.1) is 0 Å². The molecule has 2 aromatic rings. The molecule has 0 aliphatic carbocycles. The van der Waals surface area contributed by atoms with E-state index in [0.717, 1.165) is 5.69 Å². The predicted molar refractivity (Wildman–Crippen MR) is 82.3 cm³/mol. The number of furan rings is 1. The van der Waals surface area contributed by atoms with Crippen molar-refractivity contribution in [2.24, 2.45) is 5.10 Å². The summed E-state index contributed by atoms with van der Waals surface area (Å²) in [5, 5.41) is 6.21. The van der Waals surface area contributed by atoms with Crippen LogP contribution < -0.4 is 5.01 Å². The molecule has 1 fully saturated rings. The van der Waals surface area contributed by atoms with Gasteiger partial charge in [0.1, 0.15) is 5.76 Å². The van der Waals surface area contributed by atoms with Gasteiger partial charge in [-0.1, -0.05) is 18.2 Å². The molecule has 1 saturated heterocycles. The third kappa shape index (κ3) is 3.33. The number of hydrogen-bond acceptors (Lipinski definition) is 5. The van der Waals surface area contributed by atoms with E-state index in [0.29, 0.717) is 12.2 Å². The highest BCUT2D eigenvalue weighted by Gasteiger charge is 2.32. The van der Waals surface area contributed by atoms with Crippen molar-refractivity contribution in [3.8, 4) is 0 Å². The van der Waals surface area contributed by atoms with Gasteiger partial charge in [0.25, 0.3) is 0 Å². The normalized spacial score (nSPS) is 20.9. The SMILES string of the molecule is O=S1(=O)CC[C@H](N(/N=C/c2ccco2)c2ccccc2)C1. The van der Waals surface area contributed by atoms with Crippen LogP contribution in [0.25, 0.3) is 0 Å². The number of hydrogen-bond donors (Lipinski definition) is 0. The fourth-order valence-corrected chi connectivity index (χ4v) is 4.10. The zero-order chi connectivity index (χ0) is 14.7. The fourth-order valence-electron chi connectivity index (χ4n) is 2.40. The van der Waals surface area contributed by atoms with Gasteiger partial charge in [-0.2, -0.15) is 5.10 Å². The predicted octanol–water partition coefficient (Wildman–Crippen LogP) is 2.31. The van der Waals surface area contributed by atoms with Crippen LogP contribution >= 0.6 is 0 Å². The van der Waals surface area contributed by atoms with E-state index in [2.05, 4.69) is 5.10 Å². The van der Waals surface area contributed by atoms with E-state index in [4.69, 9.17) is 4.42 Å². The first-order chi connectivity index (χ1) is 10.1. The Bertz CT molecular complexity index is 709. The van der Waals surface area contributed by atoms with E-state index in [1.165, 1.54) is 0 Å². The number of hydrazone groups is 1. The smallest absolute Gasteiger partial charge is 0.152 e. The largest absolute Gasteiger partial charge is 0.463 e. The van der Waals surface area contributed by atoms with E-state index < -0.39 is 9.84 Å². The monoisotopic (exact) mass is 304 g/mol. The van der Waals surface area contributed by atoms with Crippen LogP contribution in [0, 0.1) is 0 Å². The Kier molecular flexibility index (Phi) is 3.79. The first-order valence-corrected chi connectivity index (χ1v) is 8.58. The van der Waals surface area contributed by atoms with E-state index in [9.17, 15) is 8.42 Å². The lowest BCUT2D eigenvalue weighted by Crippen LogP contribution is -2.31. The molecular formula is C15H16N2O3S. The molecule has 0 unspecified atom stereocenters. The van der Waals surface area contributed by atoms with Crippen LogP contribution in [-0.2, 0) is 9.84 Å². The molecule has 0 N–H and O–H groups in total. The van der Waals surface area contributed by atoms with Crippen LogP contribution in [0.1, 0.15) is 12.2 Å². The van der Waals surface area contributed by atoms with Crippen molar-refractivity contribution >= 4 is 21.7 Å². The molecule has 0 bridgehead atoms. The molecule has 6 heteroatoms. The minimum Gasteiger partial charge on any atom is -0.463 e. The highest BCUT2D eigenvalue weighted by Crippen LogP contribution is 2.24. The quantitative estimate of drug-likeness (QED) is 0.642. The van der Waals surface area contributed by atoms with Gasteiger partial charge in [0.05, 0.1) is 35.7 Å². The molecule has 0 radical (unpaired) electrons. The lowest BCUT2D eigenvalue weighted by atomic mass is 10.2. The highest BCUT2D eigenvalue weighted by molar-refractivity contribution is 7.91. The maximum atomic E-state index is 11.7. The molecule has 1 aromatic carbocycles. The molecule has 1 aliphatic heterocycles. The average Bonchev–Trinajstić information content (AvgIpc) is 3.10. The fraction of sp³-hybridized carbons (Fsp3) is 0.267. The molecule has 110 valence electrons. The average molecular weight is 304 g/mol. The standard InChI is InChI=1S/C15H16N2O3S/c18-21(19)10-8-14(12-21)17(13-5-2-1-3-6-13)16-11-15-7-4-9-20-15/h1-7,9,11,14H,8,10,12H2/b16-11+/t14-/m0/s1. The Labute approximate surface area is 123 Å². The molecule has 3 rings (SSSR count). The summed E-state index contributed by atoms with van der Waals surface area (Å²) in [5.74, 6) is 0.992. The highest BCUT2D eigenvalue weighted by atomic mass is 32.2. The van der Waals surface area contributed by atoms with Crippen LogP contribution in [0.2, 0.25) is 0 Å². The number of nitrogens with zero attached hydrogens (tertiary/aromatic N) is 2. The van der Waals surface area contributed by atoms with Gasteiger partial charge in [-0.25, -0.2) is 8.42 Å². The minimum absolute atomic E-state index is 0.136. The maximum Gasteiger partial charge on any atom is 0.152 e. The molecule has 2 heterocycles. The minimum atomic E-state index is -2.96. The summed E-state index contributed by atoms with van der Waals surface area (Å²) in [6.45, 7) is 0. The zero-order valence-corrected chi connectivity index (χ0v) is 12.2. The third-order valence-corrected chi connectivity index (χ3v) is 5.18. The second kappa shape index (κ2) is 5.73. The van der Waals surface area contributed by atoms with Gasteiger partial charge in [0, 0.05) is 0 Å². The summed E-state index contributed by atoms with van der Waals surface area (Å²) in [4.78, 5) is 0. The van der Waals surface area contributed by atoms with Crippen LogP contribution in [-0.4, -0.2) is 32.2 Å². The van der Waals surface area contributed by atoms with Crippen molar-refractivity contribution in [2.75, 3.05) is 16.5 Å². The molecule has 0 amide bonds. The summed E-state index contributed by atoms with van der Waals surface area (Å²) in [7, 11) is -2.96. The van der Waals surface area contributed by atoms with Crippen molar-refractivity contribution in [2.45, 2.75) is 12.5 Å². The molecule has 1 aromatic heterocycles. The van der Waals surface area contributed by atoms with E-state index >= 15 is 0 Å². The number of anilines is 1. The summed E-state index contributed by atoms with van der Waals surface area (Å²) in [6, 6.07) is 13.0. The molecule has 0 saturated carbocycles. The topological polar surface area (TPSA) is 62.9 Å². The van der Waals surface area contributed by atoms with Crippen LogP contribution in [0.3, 0.4) is 0 Å². The van der Waals surface area contributed by atoms with Gasteiger partial charge in [-0.05, 0) is 30.7 Å². The first-order valence-electron chi connectivity index (χ1n) is 6.76. The van der Waals surface area contributed by atoms with Crippen molar-refractivity contribution in [3.63, 3.8) is 0 Å². The Balaban J connectivity index is 1.88. The second-order valence-electron chi connectivity index (χ2n) is 5.00. The van der Waals surface area contributed by atoms with Gasteiger partial charge in [0.2, 0.25) is 0 Å². The van der Waals surface area contributed by atoms with Gasteiger partial charge >= 0.3 is 0 Å². The van der Waals surface area contributed by atoms with Crippen LogP contribution in [0.5, 0.6) is 0 Å². The third-order valence-electron chi connectivity index (χ3n) is 3.43. The summed E-state index contributed by atoms with van der Waals surface area (Å²) in [6.07, 6.45) is 3.78. The summed E-state index contributed by atoms with van der Waals surface area (Å²) >= 11 is 0. The van der Waals surface area contributed by atoms with Crippen molar-refractivity contribution in [3.05, 3.63) is 54.5 Å². The molecule has 0 spiro atoms. The van der Waals surface area contributed by atoms with Gasteiger partial charge < -0.3 is 4.42 Å². The second-order valence-corrected chi connectivity index (χ2v) is 7.23. The molecular weight excluding hydrogens is 288 g/mol. The van der Waals surface area contributed by atoms with Crippen LogP contribution in [0.15, 0.2) is 58.2 Å². The van der Waals surface area contributed by atoms with Crippen molar-refractivity contribution < 1.29 is 12.8 Å². The summed E-state index contributed by atoms with van der Waals surface area (Å²) < 4.78 is 28.7. The Morgan fingerprint density at radius 2 is 2.00 bits per heavy atom. The van der Waals surface area contributed by atoms with E-state index in [-0.39, 0.29) is 17.5 Å². The number of rotatable bonds is 4. The number of benzene rings is 1. The lowest BCUT2D eigenvalue weighted by Gasteiger charge is -2.24. The molecule has 1 atom stereocenters. The van der Waals surface area contributed by atoms with E-state index in [1.807, 2.05) is 30.3 Å². The molecule has 1 aliphatic rings. The maximum absolute atomic E-state index is 11.7. The van der Waals surface area contributed by atoms with Gasteiger partial charge in [-0.3, -0.25) is 5.01 Å². The Morgan fingerprint density at radius 1 is 1.19 bits per heavy atom. The Hall–Kier alpha value is -2.08. The first kappa shape index (κ1) is 13.9. The summed E-state index contributed by atoms with van der Waals surface area (Å²) in [5.41, 5.74) is 0.877. The van der Waals surface area contributed by atoms with Crippen LogP contribution in [0.4, 0.5) is 5.69 Å². The van der Waals surface area contributed by atoms with Crippen molar-refractivity contribution in [1.82, 2.24) is 0 Å². The van der Waals surface area contributed by atoms with E-state index in [1.54, 1.807) is 29.6 Å². The molecule has 5 nitrogen and oxygen atoms in total. The lowest BCUT2D eigenvalue weighted by molar-refractivity contribution is 0.559. The molecule has 21 heavy (non-hydrogen) atoms. The van der Waals surface area contributed by atoms with Crippen molar-refractivity contribution in [1.29, 1.82) is 0 Å². The van der Waals surface area contributed by atoms with Gasteiger partial charge in [0.15, 0.2) is 9.84 Å². The Morgan fingerprint density at radius 3 is 2.62 bits per heavy atom. The zero-order valence-electron chi connectivity index (χ0n) is 11.4. The number of para-hydroxylation sites is 1. The number of sulfone groups is 1.